The molecule has 274 valence electrons. The average Bonchev–Trinajstić information content (AvgIpc) is 3.71. The van der Waals surface area contributed by atoms with Gasteiger partial charge in [0.15, 0.2) is 0 Å². The number of pyridine rings is 1. The van der Waals surface area contributed by atoms with Crippen LogP contribution in [0.5, 0.6) is 0 Å². The Morgan fingerprint density at radius 3 is 2.34 bits per heavy atom. The lowest BCUT2D eigenvalue weighted by Crippen LogP contribution is -2.25. The molecule has 4 heterocycles. The van der Waals surface area contributed by atoms with Crippen LogP contribution >= 0.6 is 7.60 Å². The molecule has 1 N–H and O–H groups in total. The predicted molar refractivity (Wildman–Crippen MR) is 200 cm³/mol. The first kappa shape index (κ1) is 36.2. The Hall–Kier alpha value is -5.21. The normalized spacial score (nSPS) is 12.4. The van der Waals surface area contributed by atoms with Crippen molar-refractivity contribution in [1.82, 2.24) is 19.7 Å². The number of halogens is 2. The molecule has 0 unspecified atom stereocenters. The van der Waals surface area contributed by atoms with Gasteiger partial charge in [0.25, 0.3) is 5.91 Å². The van der Waals surface area contributed by atoms with Crippen molar-refractivity contribution in [3.8, 4) is 22.6 Å². The zero-order valence-electron chi connectivity index (χ0n) is 29.3. The molecule has 0 saturated carbocycles. The number of hydrogen-bond acceptors (Lipinski definition) is 9. The standard InChI is InChI=1S/C37H34F2N5O7PS/c1-6-49-52(46,50-7-2)20-33-41-28-16-15-27(42-35(28)31-18-23-26(39)9-8-10-29(23)44(31)33)24-17-25-32(19-30(24)43(4)53(5,47)48)51-36(34(25)37(45)40-3)21-11-13-22(38)14-12-21/h8-19H,6-7,20H2,1-5H3,(H,40,45). The van der Waals surface area contributed by atoms with Crippen LogP contribution in [0.1, 0.15) is 30.0 Å². The monoisotopic (exact) mass is 761 g/mol. The number of sulfonamides is 1. The Labute approximate surface area is 302 Å². The second-order valence-electron chi connectivity index (χ2n) is 12.2. The van der Waals surface area contributed by atoms with E-state index in [9.17, 15) is 22.2 Å². The molecule has 7 rings (SSSR count). The molecule has 0 bridgehead atoms. The van der Waals surface area contributed by atoms with Crippen molar-refractivity contribution in [3.63, 3.8) is 0 Å². The first-order valence-corrected chi connectivity index (χ1v) is 20.1. The number of aromatic nitrogens is 3. The van der Waals surface area contributed by atoms with E-state index in [0.717, 1.165) is 10.6 Å². The average molecular weight is 762 g/mol. The predicted octanol–water partition coefficient (Wildman–Crippen LogP) is 7.92. The summed E-state index contributed by atoms with van der Waals surface area (Å²) in [6.45, 7) is 3.69. The summed E-state index contributed by atoms with van der Waals surface area (Å²) in [4.78, 5) is 23.2. The smallest absolute Gasteiger partial charge is 0.338 e. The minimum absolute atomic E-state index is 0.137. The van der Waals surface area contributed by atoms with Gasteiger partial charge >= 0.3 is 7.60 Å². The number of fused-ring (bicyclic) bond motifs is 6. The Balaban J connectivity index is 1.53. The van der Waals surface area contributed by atoms with Crippen LogP contribution < -0.4 is 9.62 Å². The summed E-state index contributed by atoms with van der Waals surface area (Å²) in [5, 5.41) is 3.25. The molecule has 0 saturated heterocycles. The van der Waals surface area contributed by atoms with Gasteiger partial charge < -0.3 is 18.8 Å². The lowest BCUT2D eigenvalue weighted by Gasteiger charge is -2.21. The Morgan fingerprint density at radius 2 is 1.68 bits per heavy atom. The highest BCUT2D eigenvalue weighted by molar-refractivity contribution is 7.92. The molecule has 16 heteroatoms. The number of benzene rings is 3. The van der Waals surface area contributed by atoms with Gasteiger partial charge in [-0.1, -0.05) is 6.07 Å². The van der Waals surface area contributed by atoms with E-state index in [1.807, 2.05) is 0 Å². The molecule has 0 spiro atoms. The van der Waals surface area contributed by atoms with Gasteiger partial charge in [0.2, 0.25) is 10.0 Å². The molecule has 0 fully saturated rings. The summed E-state index contributed by atoms with van der Waals surface area (Å²) in [5.74, 6) is -0.983. The van der Waals surface area contributed by atoms with Crippen molar-refractivity contribution in [2.75, 3.05) is 37.9 Å². The fourth-order valence-electron chi connectivity index (χ4n) is 6.45. The number of hydrogen-bond donors (Lipinski definition) is 1. The zero-order valence-corrected chi connectivity index (χ0v) is 31.0. The van der Waals surface area contributed by atoms with Crippen molar-refractivity contribution in [2.45, 2.75) is 20.0 Å². The summed E-state index contributed by atoms with van der Waals surface area (Å²) in [6.07, 6.45) is 0.845. The first-order valence-electron chi connectivity index (χ1n) is 16.6. The van der Waals surface area contributed by atoms with E-state index >= 15 is 4.39 Å². The van der Waals surface area contributed by atoms with Crippen LogP contribution in [0.25, 0.3) is 61.0 Å². The first-order chi connectivity index (χ1) is 25.3. The van der Waals surface area contributed by atoms with E-state index in [2.05, 4.69) is 5.32 Å². The second kappa shape index (κ2) is 13.6. The highest BCUT2D eigenvalue weighted by atomic mass is 32.2. The third-order valence-corrected chi connectivity index (χ3v) is 12.0. The van der Waals surface area contributed by atoms with E-state index in [0.29, 0.717) is 50.1 Å². The lowest BCUT2D eigenvalue weighted by molar-refractivity contribution is 0.0964. The Bertz CT molecular complexity index is 2740. The number of nitrogens with one attached hydrogen (secondary N) is 1. The van der Waals surface area contributed by atoms with E-state index in [4.69, 9.17) is 23.4 Å². The fraction of sp³-hybridized carbons (Fsp3) is 0.216. The molecule has 0 aliphatic rings. The van der Waals surface area contributed by atoms with Gasteiger partial charge in [-0.3, -0.25) is 18.1 Å². The van der Waals surface area contributed by atoms with Crippen molar-refractivity contribution < 1.29 is 40.0 Å². The van der Waals surface area contributed by atoms with E-state index in [1.165, 1.54) is 50.5 Å². The van der Waals surface area contributed by atoms with Crippen LogP contribution in [0, 0.1) is 11.6 Å². The minimum atomic E-state index is -3.83. The maximum absolute atomic E-state index is 15.3. The molecule has 4 aromatic heterocycles. The van der Waals surface area contributed by atoms with Gasteiger partial charge in [0.1, 0.15) is 40.5 Å². The van der Waals surface area contributed by atoms with Crippen molar-refractivity contribution >= 4 is 67.6 Å². The maximum Gasteiger partial charge on any atom is 0.338 e. The van der Waals surface area contributed by atoms with Crippen LogP contribution in [0.3, 0.4) is 0 Å². The highest BCUT2D eigenvalue weighted by Crippen LogP contribution is 2.51. The minimum Gasteiger partial charge on any atom is -0.455 e. The summed E-state index contributed by atoms with van der Waals surface area (Å²) < 4.78 is 88.9. The zero-order chi connectivity index (χ0) is 37.8. The van der Waals surface area contributed by atoms with E-state index in [1.54, 1.807) is 54.6 Å². The molecule has 0 aliphatic carbocycles. The number of nitrogens with zero attached hydrogens (tertiary/aromatic N) is 4. The lowest BCUT2D eigenvalue weighted by atomic mass is 10.0. The summed E-state index contributed by atoms with van der Waals surface area (Å²) in [7, 11) is -4.65. The van der Waals surface area contributed by atoms with Gasteiger partial charge in [-0.05, 0) is 74.5 Å². The second-order valence-corrected chi connectivity index (χ2v) is 16.3. The molecule has 1 amide bonds. The molecule has 7 aromatic rings. The molecule has 3 aromatic carbocycles. The van der Waals surface area contributed by atoms with Crippen LogP contribution in [0.2, 0.25) is 0 Å². The molecule has 0 atom stereocenters. The molecule has 53 heavy (non-hydrogen) atoms. The number of carbonyl (C=O) groups excluding carboxylic acids is 1. The number of amides is 1. The maximum atomic E-state index is 15.3. The number of anilines is 1. The summed E-state index contributed by atoms with van der Waals surface area (Å²) in [5.41, 5.74) is 3.22. The number of rotatable bonds is 11. The van der Waals surface area contributed by atoms with Crippen LogP contribution in [0.15, 0.2) is 77.2 Å². The van der Waals surface area contributed by atoms with E-state index in [-0.39, 0.29) is 47.4 Å². The van der Waals surface area contributed by atoms with Gasteiger partial charge in [-0.25, -0.2) is 27.2 Å². The summed E-state index contributed by atoms with van der Waals surface area (Å²) in [6, 6.07) is 18.1. The Kier molecular flexibility index (Phi) is 9.31. The molecular formula is C37H34F2N5O7PS. The number of carbonyl (C=O) groups is 1. The topological polar surface area (TPSA) is 145 Å². The van der Waals surface area contributed by atoms with E-state index < -0.39 is 35.2 Å². The largest absolute Gasteiger partial charge is 0.455 e. The van der Waals surface area contributed by atoms with Crippen molar-refractivity contribution in [1.29, 1.82) is 0 Å². The molecular weight excluding hydrogens is 727 g/mol. The molecule has 0 radical (unpaired) electrons. The van der Waals surface area contributed by atoms with Crippen LogP contribution in [0.4, 0.5) is 14.5 Å². The van der Waals surface area contributed by atoms with Crippen molar-refractivity contribution in [2.24, 2.45) is 0 Å². The fourth-order valence-corrected chi connectivity index (χ4v) is 8.56. The third kappa shape index (κ3) is 6.43. The van der Waals surface area contributed by atoms with Gasteiger partial charge in [0.05, 0.1) is 53.0 Å². The SMILES string of the molecule is CCOP(=O)(Cc1nc2ccc(-c3cc4c(C(=O)NC)c(-c5ccc(F)cc5)oc4cc3N(C)S(C)(=O)=O)nc2c2cc3c(F)cccc3n12)OCC. The molecule has 0 aliphatic heterocycles. The quantitative estimate of drug-likeness (QED) is 0.130. The van der Waals surface area contributed by atoms with Gasteiger partial charge in [-0.2, -0.15) is 0 Å². The molecule has 12 nitrogen and oxygen atoms in total. The van der Waals surface area contributed by atoms with Gasteiger partial charge in [0, 0.05) is 42.1 Å². The third-order valence-electron chi connectivity index (χ3n) is 8.88. The van der Waals surface area contributed by atoms with Crippen LogP contribution in [-0.2, 0) is 29.8 Å². The summed E-state index contributed by atoms with van der Waals surface area (Å²) >= 11 is 0. The Morgan fingerprint density at radius 1 is 0.962 bits per heavy atom. The van der Waals surface area contributed by atoms with Gasteiger partial charge in [-0.15, -0.1) is 0 Å². The highest BCUT2D eigenvalue weighted by Gasteiger charge is 2.30. The van der Waals surface area contributed by atoms with Crippen molar-refractivity contribution in [3.05, 3.63) is 95.8 Å². The number of furan rings is 1. The van der Waals surface area contributed by atoms with Crippen LogP contribution in [-0.4, -0.2) is 62.3 Å².